The molecule has 1 fully saturated rings. The Morgan fingerprint density at radius 1 is 1.13 bits per heavy atom. The average Bonchev–Trinajstić information content (AvgIpc) is 2.63. The number of aromatic nitrogens is 2. The van der Waals surface area contributed by atoms with Gasteiger partial charge >= 0.3 is 0 Å². The van der Waals surface area contributed by atoms with Gasteiger partial charge in [-0.25, -0.2) is 0 Å². The summed E-state index contributed by atoms with van der Waals surface area (Å²) in [6, 6.07) is 12.4. The zero-order valence-electron chi connectivity index (χ0n) is 13.7. The highest BCUT2D eigenvalue weighted by Crippen LogP contribution is 2.22. The van der Waals surface area contributed by atoms with Crippen molar-refractivity contribution >= 4 is 5.82 Å². The van der Waals surface area contributed by atoms with Gasteiger partial charge in [0.15, 0.2) is 0 Å². The molecule has 3 rings (SSSR count). The molecule has 0 bridgehead atoms. The van der Waals surface area contributed by atoms with Crippen molar-refractivity contribution in [2.45, 2.75) is 13.3 Å². The number of anilines is 1. The Balaban J connectivity index is 1.62. The molecule has 5 nitrogen and oxygen atoms in total. The zero-order chi connectivity index (χ0) is 15.9. The highest BCUT2D eigenvalue weighted by Gasteiger charge is 2.11. The van der Waals surface area contributed by atoms with Gasteiger partial charge in [-0.2, -0.15) is 0 Å². The van der Waals surface area contributed by atoms with Crippen LogP contribution in [0.5, 0.6) is 0 Å². The Hall–Kier alpha value is -1.98. The van der Waals surface area contributed by atoms with Crippen LogP contribution in [0.4, 0.5) is 5.82 Å². The van der Waals surface area contributed by atoms with Gasteiger partial charge in [-0.15, -0.1) is 10.2 Å². The second kappa shape index (κ2) is 8.04. The Morgan fingerprint density at radius 3 is 2.65 bits per heavy atom. The highest BCUT2D eigenvalue weighted by molar-refractivity contribution is 5.64. The normalized spacial score (nSPS) is 15.5. The zero-order valence-corrected chi connectivity index (χ0v) is 13.7. The molecule has 2 aromatic rings. The van der Waals surface area contributed by atoms with Crippen LogP contribution in [0.15, 0.2) is 36.4 Å². The highest BCUT2D eigenvalue weighted by atomic mass is 16.5. The fourth-order valence-corrected chi connectivity index (χ4v) is 2.79. The summed E-state index contributed by atoms with van der Waals surface area (Å²) >= 11 is 0. The van der Waals surface area contributed by atoms with Crippen molar-refractivity contribution in [2.24, 2.45) is 0 Å². The van der Waals surface area contributed by atoms with Crippen molar-refractivity contribution in [3.8, 4) is 11.3 Å². The van der Waals surface area contributed by atoms with Crippen molar-refractivity contribution in [3.63, 3.8) is 0 Å². The summed E-state index contributed by atoms with van der Waals surface area (Å²) in [6.07, 6.45) is 0.942. The lowest BCUT2D eigenvalue weighted by molar-refractivity contribution is 0.0398. The number of nitrogens with one attached hydrogen (secondary N) is 1. The summed E-state index contributed by atoms with van der Waals surface area (Å²) in [4.78, 5) is 2.41. The molecule has 1 saturated heterocycles. The smallest absolute Gasteiger partial charge is 0.149 e. The molecule has 0 aliphatic carbocycles. The fraction of sp³-hybridized carbons (Fsp3) is 0.444. The Bertz CT molecular complexity index is 612. The van der Waals surface area contributed by atoms with E-state index in [9.17, 15) is 0 Å². The maximum atomic E-state index is 5.37. The first-order valence-electron chi connectivity index (χ1n) is 8.33. The predicted octanol–water partition coefficient (Wildman–Crippen LogP) is 2.45. The lowest BCUT2D eigenvalue weighted by atomic mass is 10.0. The van der Waals surface area contributed by atoms with Gasteiger partial charge in [0.25, 0.3) is 0 Å². The number of rotatable bonds is 6. The van der Waals surface area contributed by atoms with Crippen LogP contribution in [0.2, 0.25) is 0 Å². The van der Waals surface area contributed by atoms with Crippen LogP contribution in [0.1, 0.15) is 12.5 Å². The lowest BCUT2D eigenvalue weighted by Crippen LogP contribution is -2.39. The Labute approximate surface area is 137 Å². The maximum Gasteiger partial charge on any atom is 0.149 e. The molecular weight excluding hydrogens is 288 g/mol. The van der Waals surface area contributed by atoms with Crippen molar-refractivity contribution in [3.05, 3.63) is 42.0 Å². The molecule has 122 valence electrons. The van der Waals surface area contributed by atoms with Crippen molar-refractivity contribution in [1.29, 1.82) is 0 Å². The Morgan fingerprint density at radius 2 is 1.91 bits per heavy atom. The van der Waals surface area contributed by atoms with E-state index in [2.05, 4.69) is 45.5 Å². The van der Waals surface area contributed by atoms with E-state index in [0.29, 0.717) is 0 Å². The first-order chi connectivity index (χ1) is 11.4. The molecule has 1 aliphatic rings. The summed E-state index contributed by atoms with van der Waals surface area (Å²) in [5.74, 6) is 0.856. The number of morpholine rings is 1. The molecule has 0 spiro atoms. The van der Waals surface area contributed by atoms with Crippen LogP contribution in [0.25, 0.3) is 11.3 Å². The molecule has 1 aromatic heterocycles. The molecule has 0 saturated carbocycles. The van der Waals surface area contributed by atoms with Crippen LogP contribution in [0.3, 0.4) is 0 Å². The van der Waals surface area contributed by atoms with Gasteiger partial charge in [0, 0.05) is 31.7 Å². The number of hydrogen-bond donors (Lipinski definition) is 1. The van der Waals surface area contributed by atoms with Crippen LogP contribution < -0.4 is 5.32 Å². The van der Waals surface area contributed by atoms with Crippen LogP contribution in [-0.2, 0) is 11.2 Å². The third-order valence-corrected chi connectivity index (χ3v) is 4.14. The molecule has 5 heteroatoms. The van der Waals surface area contributed by atoms with E-state index in [-0.39, 0.29) is 0 Å². The molecule has 1 N–H and O–H groups in total. The third-order valence-electron chi connectivity index (χ3n) is 4.14. The fourth-order valence-electron chi connectivity index (χ4n) is 2.79. The Kier molecular flexibility index (Phi) is 5.56. The maximum absolute atomic E-state index is 5.37. The summed E-state index contributed by atoms with van der Waals surface area (Å²) in [5, 5.41) is 12.2. The SMILES string of the molecule is CCc1cc(NCCN2CCOCC2)nnc1-c1ccccc1. The van der Waals surface area contributed by atoms with Crippen molar-refractivity contribution < 1.29 is 4.74 Å². The lowest BCUT2D eigenvalue weighted by Gasteiger charge is -2.26. The first-order valence-corrected chi connectivity index (χ1v) is 8.33. The topological polar surface area (TPSA) is 50.3 Å². The van der Waals surface area contributed by atoms with Gasteiger partial charge in [-0.1, -0.05) is 37.3 Å². The molecule has 1 aliphatic heterocycles. The van der Waals surface area contributed by atoms with Crippen LogP contribution >= 0.6 is 0 Å². The molecule has 2 heterocycles. The molecule has 0 radical (unpaired) electrons. The molecule has 23 heavy (non-hydrogen) atoms. The number of nitrogens with zero attached hydrogens (tertiary/aromatic N) is 3. The third kappa shape index (κ3) is 4.27. The predicted molar refractivity (Wildman–Crippen MR) is 92.6 cm³/mol. The summed E-state index contributed by atoms with van der Waals surface area (Å²) in [5.41, 5.74) is 3.32. The summed E-state index contributed by atoms with van der Waals surface area (Å²) in [6.45, 7) is 7.74. The molecule has 0 amide bonds. The molecule has 1 aromatic carbocycles. The van der Waals surface area contributed by atoms with E-state index in [1.54, 1.807) is 0 Å². The van der Waals surface area contributed by atoms with Gasteiger partial charge in [-0.3, -0.25) is 4.90 Å². The monoisotopic (exact) mass is 312 g/mol. The van der Waals surface area contributed by atoms with Crippen molar-refractivity contribution in [1.82, 2.24) is 15.1 Å². The van der Waals surface area contributed by atoms with Crippen LogP contribution in [-0.4, -0.2) is 54.5 Å². The van der Waals surface area contributed by atoms with Crippen molar-refractivity contribution in [2.75, 3.05) is 44.7 Å². The number of aryl methyl sites for hydroxylation is 1. The summed E-state index contributed by atoms with van der Waals surface area (Å²) in [7, 11) is 0. The van der Waals surface area contributed by atoms with Gasteiger partial charge in [0.1, 0.15) is 5.82 Å². The standard InChI is InChI=1S/C18H24N4O/c1-2-15-14-17(19-8-9-22-10-12-23-13-11-22)20-21-18(15)16-6-4-3-5-7-16/h3-7,14H,2,8-13H2,1H3,(H,19,20). The quantitative estimate of drug-likeness (QED) is 0.888. The van der Waals surface area contributed by atoms with E-state index in [1.165, 1.54) is 5.56 Å². The average molecular weight is 312 g/mol. The van der Waals surface area contributed by atoms with Crippen LogP contribution in [0, 0.1) is 0 Å². The number of benzene rings is 1. The number of ether oxygens (including phenoxy) is 1. The second-order valence-corrected chi connectivity index (χ2v) is 5.70. The molecule has 0 atom stereocenters. The van der Waals surface area contributed by atoms with Gasteiger partial charge in [0.2, 0.25) is 0 Å². The minimum absolute atomic E-state index is 0.839. The minimum atomic E-state index is 0.839. The van der Waals surface area contributed by atoms with E-state index in [1.807, 2.05) is 18.2 Å². The van der Waals surface area contributed by atoms with E-state index in [4.69, 9.17) is 4.74 Å². The summed E-state index contributed by atoms with van der Waals surface area (Å²) < 4.78 is 5.37. The molecular formula is C18H24N4O. The van der Waals surface area contributed by atoms with E-state index < -0.39 is 0 Å². The van der Waals surface area contributed by atoms with E-state index >= 15 is 0 Å². The van der Waals surface area contributed by atoms with Gasteiger partial charge < -0.3 is 10.1 Å². The largest absolute Gasteiger partial charge is 0.379 e. The van der Waals surface area contributed by atoms with Gasteiger partial charge in [-0.05, 0) is 18.1 Å². The molecule has 0 unspecified atom stereocenters. The number of hydrogen-bond acceptors (Lipinski definition) is 5. The second-order valence-electron chi connectivity index (χ2n) is 5.70. The first kappa shape index (κ1) is 15.9. The minimum Gasteiger partial charge on any atom is -0.379 e. The van der Waals surface area contributed by atoms with Gasteiger partial charge in [0.05, 0.1) is 18.9 Å². The van der Waals surface area contributed by atoms with E-state index in [0.717, 1.165) is 62.9 Å².